The topological polar surface area (TPSA) is 46.5 Å². The average Bonchev–Trinajstić information content (AvgIpc) is 3.07. The number of ether oxygens (including phenoxy) is 1. The van der Waals surface area contributed by atoms with E-state index in [0.717, 1.165) is 49.4 Å². The van der Waals surface area contributed by atoms with Gasteiger partial charge in [-0.15, -0.1) is 0 Å². The van der Waals surface area contributed by atoms with Crippen LogP contribution in [-0.4, -0.2) is 27.6 Å². The van der Waals surface area contributed by atoms with Gasteiger partial charge >= 0.3 is 5.97 Å². The molecule has 0 aromatic rings. The summed E-state index contributed by atoms with van der Waals surface area (Å²) in [5.41, 5.74) is 0.504. The molecule has 4 rings (SSSR count). The maximum atomic E-state index is 11.6. The highest BCUT2D eigenvalue weighted by molar-refractivity contribution is 9.10. The number of aliphatic hydroxyl groups is 1. The number of fused-ring (bicyclic) bond motifs is 5. The first kappa shape index (κ1) is 26.0. The third-order valence-electron chi connectivity index (χ3n) is 11.3. The van der Waals surface area contributed by atoms with E-state index in [0.29, 0.717) is 17.3 Å². The van der Waals surface area contributed by atoms with E-state index in [9.17, 15) is 9.90 Å². The van der Waals surface area contributed by atoms with Gasteiger partial charge in [-0.2, -0.15) is 0 Å². The van der Waals surface area contributed by atoms with Gasteiger partial charge in [0.1, 0.15) is 6.10 Å². The van der Waals surface area contributed by atoms with Gasteiger partial charge in [-0.1, -0.05) is 69.8 Å². The van der Waals surface area contributed by atoms with Gasteiger partial charge < -0.3 is 9.84 Å². The minimum atomic E-state index is -0.369. The Hall–Kier alpha value is -0.0900. The summed E-state index contributed by atoms with van der Waals surface area (Å²) in [6.45, 7) is 13.8. The van der Waals surface area contributed by atoms with Crippen molar-refractivity contribution < 1.29 is 14.6 Å². The van der Waals surface area contributed by atoms with Crippen molar-refractivity contribution in [2.75, 3.05) is 0 Å². The molecule has 0 unspecified atom stereocenters. The molecule has 190 valence electrons. The van der Waals surface area contributed by atoms with Crippen molar-refractivity contribution in [3.8, 4) is 0 Å². The normalized spacial score (nSPS) is 48.0. The van der Waals surface area contributed by atoms with Gasteiger partial charge in [0.25, 0.3) is 0 Å². The molecule has 0 aromatic heterocycles. The van der Waals surface area contributed by atoms with Gasteiger partial charge in [-0.05, 0) is 91.3 Å². The Bertz CT molecular complexity index is 724. The van der Waals surface area contributed by atoms with E-state index in [1.54, 1.807) is 0 Å². The fourth-order valence-corrected chi connectivity index (χ4v) is 10.6. The molecule has 0 radical (unpaired) electrons. The van der Waals surface area contributed by atoms with Crippen LogP contribution in [0.25, 0.3) is 0 Å². The molecule has 4 heteroatoms. The highest BCUT2D eigenvalue weighted by Crippen LogP contribution is 2.70. The molecule has 4 aliphatic rings. The first-order chi connectivity index (χ1) is 15.4. The van der Waals surface area contributed by atoms with Crippen LogP contribution in [0.15, 0.2) is 0 Å². The van der Waals surface area contributed by atoms with Gasteiger partial charge in [0.15, 0.2) is 0 Å². The van der Waals surface area contributed by atoms with Crippen LogP contribution in [0.2, 0.25) is 0 Å². The first-order valence-corrected chi connectivity index (χ1v) is 14.8. The van der Waals surface area contributed by atoms with E-state index >= 15 is 0 Å². The number of carbonyl (C=O) groups excluding carboxylic acids is 1. The second kappa shape index (κ2) is 9.41. The number of hydrogen-bond acceptors (Lipinski definition) is 3. The minimum absolute atomic E-state index is 0.0638. The molecule has 4 saturated carbocycles. The van der Waals surface area contributed by atoms with E-state index in [4.69, 9.17) is 4.74 Å². The maximum absolute atomic E-state index is 11.6. The monoisotopic (exact) mass is 524 g/mol. The lowest BCUT2D eigenvalue weighted by molar-refractivity contribution is -0.170. The second-order valence-electron chi connectivity index (χ2n) is 13.4. The lowest BCUT2D eigenvalue weighted by atomic mass is 9.43. The summed E-state index contributed by atoms with van der Waals surface area (Å²) in [4.78, 5) is 11.6. The van der Waals surface area contributed by atoms with Crippen LogP contribution >= 0.6 is 15.9 Å². The number of rotatable bonds is 6. The van der Waals surface area contributed by atoms with Gasteiger partial charge in [0, 0.05) is 13.3 Å². The highest BCUT2D eigenvalue weighted by atomic mass is 79.9. The zero-order valence-corrected chi connectivity index (χ0v) is 23.6. The predicted molar refractivity (Wildman–Crippen MR) is 138 cm³/mol. The molecule has 0 heterocycles. The largest absolute Gasteiger partial charge is 0.463 e. The number of carbonyl (C=O) groups is 1. The van der Waals surface area contributed by atoms with Gasteiger partial charge in [0.2, 0.25) is 0 Å². The lowest BCUT2D eigenvalue weighted by Crippen LogP contribution is -2.66. The molecule has 4 fully saturated rings. The molecular weight excluding hydrogens is 476 g/mol. The summed E-state index contributed by atoms with van der Waals surface area (Å²) in [6.07, 6.45) is 12.6. The minimum Gasteiger partial charge on any atom is -0.463 e. The summed E-state index contributed by atoms with van der Waals surface area (Å²) in [6, 6.07) is 0. The summed E-state index contributed by atoms with van der Waals surface area (Å²) in [5.74, 6) is 4.31. The average molecular weight is 526 g/mol. The third-order valence-corrected chi connectivity index (χ3v) is 13.0. The third kappa shape index (κ3) is 4.36. The lowest BCUT2D eigenvalue weighted by Gasteiger charge is -2.65. The van der Waals surface area contributed by atoms with Crippen molar-refractivity contribution >= 4 is 21.9 Å². The SMILES string of the molecule is CC(=O)O[C@@H]1CC[C@]2(C)[C@H]3CC[C@]4(C)[C@@H]([C@H](C)CCCC(C)C)CC[C@H]4[C@@H]3C[C@H](O)[C@@]2(Br)C1. The highest BCUT2D eigenvalue weighted by Gasteiger charge is 2.67. The van der Waals surface area contributed by atoms with Crippen molar-refractivity contribution in [2.24, 2.45) is 46.3 Å². The molecule has 3 nitrogen and oxygen atoms in total. The van der Waals surface area contributed by atoms with Crippen molar-refractivity contribution in [1.82, 2.24) is 0 Å². The Labute approximate surface area is 211 Å². The van der Waals surface area contributed by atoms with Crippen molar-refractivity contribution in [3.63, 3.8) is 0 Å². The standard InChI is InChI=1S/C29H49BrO3/c1-18(2)8-7-9-19(3)23-10-11-24-22-16-26(32)29(30)17-21(33-20(4)31)12-15-28(29,6)25(22)13-14-27(23,24)5/h18-19,21-26,32H,7-17H2,1-6H3/t19-,21-,22+,23-,24+,25+,26+,27-,28-,29+/m1/s1. The Kier molecular flexibility index (Phi) is 7.41. The maximum Gasteiger partial charge on any atom is 0.302 e. The molecule has 10 atom stereocenters. The van der Waals surface area contributed by atoms with Gasteiger partial charge in [-0.25, -0.2) is 0 Å². The smallest absolute Gasteiger partial charge is 0.302 e. The first-order valence-electron chi connectivity index (χ1n) is 14.0. The fraction of sp³-hybridized carbons (Fsp3) is 0.966. The van der Waals surface area contributed by atoms with Crippen LogP contribution in [0.4, 0.5) is 0 Å². The number of alkyl halides is 1. The zero-order chi connectivity index (χ0) is 24.2. The van der Waals surface area contributed by atoms with Crippen LogP contribution in [0.3, 0.4) is 0 Å². The number of esters is 1. The van der Waals surface area contributed by atoms with Crippen molar-refractivity contribution in [2.45, 2.75) is 129 Å². The van der Waals surface area contributed by atoms with E-state index in [1.807, 2.05) is 0 Å². The van der Waals surface area contributed by atoms with E-state index in [2.05, 4.69) is 50.5 Å². The Morgan fingerprint density at radius 2 is 1.79 bits per heavy atom. The second-order valence-corrected chi connectivity index (χ2v) is 14.8. The molecular formula is C29H49BrO3. The van der Waals surface area contributed by atoms with E-state index in [1.165, 1.54) is 51.9 Å². The number of halogens is 1. The molecule has 4 aliphatic carbocycles. The molecule has 0 spiro atoms. The van der Waals surface area contributed by atoms with Crippen LogP contribution in [0, 0.1) is 46.3 Å². The van der Waals surface area contributed by atoms with Gasteiger partial charge in [-0.3, -0.25) is 4.79 Å². The van der Waals surface area contributed by atoms with Gasteiger partial charge in [0.05, 0.1) is 10.4 Å². The van der Waals surface area contributed by atoms with Crippen molar-refractivity contribution in [1.29, 1.82) is 0 Å². The molecule has 0 bridgehead atoms. The zero-order valence-electron chi connectivity index (χ0n) is 22.0. The molecule has 0 aliphatic heterocycles. The van der Waals surface area contributed by atoms with Crippen LogP contribution in [0.1, 0.15) is 112 Å². The molecule has 0 amide bonds. The number of aliphatic hydroxyl groups excluding tert-OH is 1. The summed E-state index contributed by atoms with van der Waals surface area (Å²) in [7, 11) is 0. The Balaban J connectivity index is 1.51. The summed E-state index contributed by atoms with van der Waals surface area (Å²) in [5, 5.41) is 11.6. The summed E-state index contributed by atoms with van der Waals surface area (Å²) >= 11 is 4.11. The van der Waals surface area contributed by atoms with Crippen LogP contribution < -0.4 is 0 Å². The fourth-order valence-electron chi connectivity index (χ4n) is 9.56. The quantitative estimate of drug-likeness (QED) is 0.288. The van der Waals surface area contributed by atoms with Crippen LogP contribution in [0.5, 0.6) is 0 Å². The molecule has 0 aromatic carbocycles. The predicted octanol–water partition coefficient (Wildman–Crippen LogP) is 7.53. The molecule has 1 N–H and O–H groups in total. The Morgan fingerprint density at radius 1 is 1.06 bits per heavy atom. The van der Waals surface area contributed by atoms with Crippen molar-refractivity contribution in [3.05, 3.63) is 0 Å². The molecule has 33 heavy (non-hydrogen) atoms. The number of hydrogen-bond donors (Lipinski definition) is 1. The Morgan fingerprint density at radius 3 is 2.45 bits per heavy atom. The van der Waals surface area contributed by atoms with E-state index in [-0.39, 0.29) is 27.9 Å². The van der Waals surface area contributed by atoms with E-state index < -0.39 is 0 Å². The van der Waals surface area contributed by atoms with Crippen LogP contribution in [-0.2, 0) is 9.53 Å². The summed E-state index contributed by atoms with van der Waals surface area (Å²) < 4.78 is 5.29. The molecule has 0 saturated heterocycles.